The second-order valence-electron chi connectivity index (χ2n) is 11.1. The van der Waals surface area contributed by atoms with Crippen LogP contribution in [0, 0.1) is 5.92 Å². The van der Waals surface area contributed by atoms with Gasteiger partial charge in [0.25, 0.3) is 10.0 Å². The summed E-state index contributed by atoms with van der Waals surface area (Å²) in [4.78, 5) is 29.8. The van der Waals surface area contributed by atoms with Crippen molar-refractivity contribution < 1.29 is 22.7 Å². The van der Waals surface area contributed by atoms with Gasteiger partial charge in [-0.15, -0.1) is 0 Å². The third-order valence-electron chi connectivity index (χ3n) is 7.23. The van der Waals surface area contributed by atoms with Gasteiger partial charge in [0.15, 0.2) is 0 Å². The van der Waals surface area contributed by atoms with Gasteiger partial charge < -0.3 is 15.0 Å². The van der Waals surface area contributed by atoms with Crippen LogP contribution in [0.3, 0.4) is 0 Å². The Balaban J connectivity index is 1.82. The van der Waals surface area contributed by atoms with Gasteiger partial charge >= 0.3 is 0 Å². The zero-order chi connectivity index (χ0) is 33.3. The summed E-state index contributed by atoms with van der Waals surface area (Å²) >= 11 is 12.7. The quantitative estimate of drug-likeness (QED) is 0.162. The largest absolute Gasteiger partial charge is 0.497 e. The smallest absolute Gasteiger partial charge is 0.264 e. The first-order valence-electron chi connectivity index (χ1n) is 14.8. The van der Waals surface area contributed by atoms with Crippen molar-refractivity contribution in [3.63, 3.8) is 0 Å². The van der Waals surface area contributed by atoms with E-state index < -0.39 is 28.5 Å². The number of nitrogens with one attached hydrogen (secondary N) is 1. The molecule has 1 atom stereocenters. The van der Waals surface area contributed by atoms with Crippen LogP contribution in [-0.2, 0) is 32.6 Å². The molecule has 0 aliphatic carbocycles. The van der Waals surface area contributed by atoms with Crippen molar-refractivity contribution in [2.75, 3.05) is 24.5 Å². The molecule has 46 heavy (non-hydrogen) atoms. The van der Waals surface area contributed by atoms with Gasteiger partial charge in [-0.1, -0.05) is 97.7 Å². The van der Waals surface area contributed by atoms with E-state index in [9.17, 15) is 18.0 Å². The van der Waals surface area contributed by atoms with Gasteiger partial charge in [0.1, 0.15) is 18.3 Å². The fraction of sp³-hybridized carbons (Fsp3) is 0.257. The molecule has 0 aliphatic heterocycles. The molecule has 242 valence electrons. The predicted octanol–water partition coefficient (Wildman–Crippen LogP) is 6.61. The standard InChI is InChI=1S/C35H37Cl2N3O5S/c1-25(2)22-38-35(42)33(20-26-11-6-4-7-12-26)39(23-27-13-10-14-29(19-27)45-3)34(41)24-40(32-18-17-28(36)21-31(32)37)46(43,44)30-15-8-5-9-16-30/h4-19,21,25,33H,20,22-24H2,1-3H3,(H,38,42). The van der Waals surface area contributed by atoms with E-state index in [0.717, 1.165) is 9.87 Å². The summed E-state index contributed by atoms with van der Waals surface area (Å²) in [5, 5.41) is 3.34. The Morgan fingerprint density at radius 2 is 1.50 bits per heavy atom. The van der Waals surface area contributed by atoms with Crippen molar-refractivity contribution in [3.05, 3.63) is 124 Å². The SMILES string of the molecule is COc1cccc(CN(C(=O)CN(c2ccc(Cl)cc2Cl)S(=O)(=O)c2ccccc2)C(Cc2ccccc2)C(=O)NCC(C)C)c1. The molecule has 0 bridgehead atoms. The maximum atomic E-state index is 14.6. The van der Waals surface area contributed by atoms with Crippen LogP contribution in [0.2, 0.25) is 10.0 Å². The van der Waals surface area contributed by atoms with Gasteiger partial charge in [-0.3, -0.25) is 13.9 Å². The number of nitrogens with zero attached hydrogens (tertiary/aromatic N) is 2. The number of hydrogen-bond donors (Lipinski definition) is 1. The molecule has 2 amide bonds. The highest BCUT2D eigenvalue weighted by Crippen LogP contribution is 2.33. The molecule has 0 aromatic heterocycles. The first kappa shape index (κ1) is 34.8. The van der Waals surface area contributed by atoms with Crippen LogP contribution in [0.4, 0.5) is 5.69 Å². The number of ether oxygens (including phenoxy) is 1. The molecule has 1 unspecified atom stereocenters. The number of carbonyl (C=O) groups excluding carboxylic acids is 2. The Bertz CT molecular complexity index is 1740. The van der Waals surface area contributed by atoms with Gasteiger partial charge in [-0.2, -0.15) is 0 Å². The molecule has 0 saturated heterocycles. The van der Waals surface area contributed by atoms with Crippen LogP contribution in [0.5, 0.6) is 5.75 Å². The summed E-state index contributed by atoms with van der Waals surface area (Å²) in [5.74, 6) is -0.206. The van der Waals surface area contributed by atoms with E-state index >= 15 is 0 Å². The number of benzene rings is 4. The van der Waals surface area contributed by atoms with Crippen LogP contribution < -0.4 is 14.4 Å². The lowest BCUT2D eigenvalue weighted by molar-refractivity contribution is -0.140. The van der Waals surface area contributed by atoms with E-state index in [1.807, 2.05) is 50.2 Å². The summed E-state index contributed by atoms with van der Waals surface area (Å²) in [6.07, 6.45) is 0.202. The fourth-order valence-corrected chi connectivity index (χ4v) is 6.88. The molecular weight excluding hydrogens is 645 g/mol. The Kier molecular flexibility index (Phi) is 12.1. The number of amides is 2. The van der Waals surface area contributed by atoms with Crippen molar-refractivity contribution in [1.82, 2.24) is 10.2 Å². The van der Waals surface area contributed by atoms with Crippen molar-refractivity contribution in [2.45, 2.75) is 37.8 Å². The number of anilines is 1. The van der Waals surface area contributed by atoms with Crippen molar-refractivity contribution in [3.8, 4) is 5.75 Å². The average molecular weight is 683 g/mol. The van der Waals surface area contributed by atoms with Crippen LogP contribution in [-0.4, -0.2) is 51.4 Å². The highest BCUT2D eigenvalue weighted by molar-refractivity contribution is 7.92. The van der Waals surface area contributed by atoms with Crippen LogP contribution >= 0.6 is 23.2 Å². The van der Waals surface area contributed by atoms with Crippen molar-refractivity contribution in [2.24, 2.45) is 5.92 Å². The number of sulfonamides is 1. The average Bonchev–Trinajstić information content (AvgIpc) is 3.05. The minimum absolute atomic E-state index is 0.0101. The molecule has 4 aromatic rings. The molecular formula is C35H37Cl2N3O5S. The first-order chi connectivity index (χ1) is 22.0. The molecule has 1 N–H and O–H groups in total. The molecule has 0 aliphatic rings. The summed E-state index contributed by atoms with van der Waals surface area (Å²) in [6.45, 7) is 3.74. The molecule has 4 aromatic carbocycles. The summed E-state index contributed by atoms with van der Waals surface area (Å²) < 4.78 is 34.6. The number of hydrogen-bond acceptors (Lipinski definition) is 5. The first-order valence-corrected chi connectivity index (χ1v) is 17.0. The lowest BCUT2D eigenvalue weighted by Gasteiger charge is -2.34. The Morgan fingerprint density at radius 1 is 0.848 bits per heavy atom. The van der Waals surface area contributed by atoms with E-state index in [1.165, 1.54) is 35.2 Å². The normalized spacial score (nSPS) is 12.0. The number of halogens is 2. The maximum Gasteiger partial charge on any atom is 0.264 e. The third-order valence-corrected chi connectivity index (χ3v) is 9.54. The maximum absolute atomic E-state index is 14.6. The zero-order valence-corrected chi connectivity index (χ0v) is 28.2. The number of rotatable bonds is 14. The summed E-state index contributed by atoms with van der Waals surface area (Å²) in [5.41, 5.74) is 1.61. The van der Waals surface area contributed by atoms with E-state index in [-0.39, 0.29) is 40.4 Å². The Morgan fingerprint density at radius 3 is 2.13 bits per heavy atom. The van der Waals surface area contributed by atoms with Gasteiger partial charge in [-0.25, -0.2) is 8.42 Å². The van der Waals surface area contributed by atoms with Crippen LogP contribution in [0.25, 0.3) is 0 Å². The topological polar surface area (TPSA) is 96.0 Å². The second-order valence-corrected chi connectivity index (χ2v) is 13.8. The molecule has 0 radical (unpaired) electrons. The zero-order valence-electron chi connectivity index (χ0n) is 25.9. The van der Waals surface area contributed by atoms with E-state index in [2.05, 4.69) is 5.32 Å². The number of methoxy groups -OCH3 is 1. The highest BCUT2D eigenvalue weighted by Gasteiger charge is 2.35. The molecule has 0 heterocycles. The van der Waals surface area contributed by atoms with Gasteiger partial charge in [-0.05, 0) is 59.5 Å². The van der Waals surface area contributed by atoms with E-state index in [1.54, 1.807) is 43.5 Å². The highest BCUT2D eigenvalue weighted by atomic mass is 35.5. The van der Waals surface area contributed by atoms with Crippen molar-refractivity contribution in [1.29, 1.82) is 0 Å². The Labute approximate surface area is 280 Å². The fourth-order valence-electron chi connectivity index (χ4n) is 4.86. The minimum Gasteiger partial charge on any atom is -0.497 e. The molecule has 8 nitrogen and oxygen atoms in total. The van der Waals surface area contributed by atoms with Gasteiger partial charge in [0.05, 0.1) is 22.7 Å². The molecule has 0 spiro atoms. The molecule has 11 heteroatoms. The lowest BCUT2D eigenvalue weighted by atomic mass is 10.0. The molecule has 4 rings (SSSR count). The lowest BCUT2D eigenvalue weighted by Crippen LogP contribution is -2.53. The summed E-state index contributed by atoms with van der Waals surface area (Å²) in [6, 6.07) is 27.7. The number of carbonyl (C=O) groups is 2. The second kappa shape index (κ2) is 16.0. The van der Waals surface area contributed by atoms with Crippen LogP contribution in [0.15, 0.2) is 108 Å². The van der Waals surface area contributed by atoms with Crippen LogP contribution in [0.1, 0.15) is 25.0 Å². The van der Waals surface area contributed by atoms with Crippen molar-refractivity contribution >= 4 is 50.7 Å². The Hall–Kier alpha value is -4.05. The van der Waals surface area contributed by atoms with Gasteiger partial charge in [0.2, 0.25) is 11.8 Å². The molecule has 0 saturated carbocycles. The predicted molar refractivity (Wildman–Crippen MR) is 183 cm³/mol. The molecule has 0 fully saturated rings. The van der Waals surface area contributed by atoms with E-state index in [4.69, 9.17) is 27.9 Å². The summed E-state index contributed by atoms with van der Waals surface area (Å²) in [7, 11) is -2.75. The third kappa shape index (κ3) is 9.02. The minimum atomic E-state index is -4.29. The monoisotopic (exact) mass is 681 g/mol. The van der Waals surface area contributed by atoms with Gasteiger partial charge in [0, 0.05) is 24.5 Å². The van der Waals surface area contributed by atoms with E-state index in [0.29, 0.717) is 22.9 Å².